The van der Waals surface area contributed by atoms with Crippen LogP contribution in [0.1, 0.15) is 29.3 Å². The molecule has 1 aromatic carbocycles. The Morgan fingerprint density at radius 1 is 1.45 bits per heavy atom. The molecule has 104 valence electrons. The number of nitrogens with zero attached hydrogens (tertiary/aromatic N) is 3. The topological polar surface area (TPSA) is 78.0 Å². The minimum Gasteiger partial charge on any atom is -0.298 e. The molecule has 0 N–H and O–H groups in total. The summed E-state index contributed by atoms with van der Waals surface area (Å²) >= 11 is 0. The molecule has 0 unspecified atom stereocenters. The molecule has 20 heavy (non-hydrogen) atoms. The van der Waals surface area contributed by atoms with Crippen LogP contribution in [0.5, 0.6) is 0 Å². The summed E-state index contributed by atoms with van der Waals surface area (Å²) < 4.78 is 1.69. The van der Waals surface area contributed by atoms with Crippen LogP contribution in [0.15, 0.2) is 24.4 Å². The zero-order valence-electron chi connectivity index (χ0n) is 11.4. The Morgan fingerprint density at radius 3 is 2.80 bits per heavy atom. The molecular weight excluding hydrogens is 258 g/mol. The Bertz CT molecular complexity index is 662. The summed E-state index contributed by atoms with van der Waals surface area (Å²) in [4.78, 5) is 21.7. The van der Waals surface area contributed by atoms with Crippen molar-refractivity contribution in [3.05, 3.63) is 45.6 Å². The van der Waals surface area contributed by atoms with Crippen LogP contribution in [-0.4, -0.2) is 21.0 Å². The molecule has 1 heterocycles. The predicted octanol–water partition coefficient (Wildman–Crippen LogP) is 2.99. The molecule has 2 rings (SSSR count). The van der Waals surface area contributed by atoms with E-state index in [-0.39, 0.29) is 5.69 Å². The van der Waals surface area contributed by atoms with Crippen molar-refractivity contribution in [1.29, 1.82) is 0 Å². The fraction of sp³-hybridized carbons (Fsp3) is 0.286. The van der Waals surface area contributed by atoms with E-state index in [1.807, 2.05) is 6.92 Å². The van der Waals surface area contributed by atoms with E-state index in [1.54, 1.807) is 29.9 Å². The summed E-state index contributed by atoms with van der Waals surface area (Å²) in [7, 11) is 0. The largest absolute Gasteiger partial charge is 0.298 e. The first-order valence-electron chi connectivity index (χ1n) is 6.35. The van der Waals surface area contributed by atoms with Crippen molar-refractivity contribution < 1.29 is 9.72 Å². The van der Waals surface area contributed by atoms with Crippen molar-refractivity contribution in [1.82, 2.24) is 9.78 Å². The maximum absolute atomic E-state index is 11.2. The number of aryl methyl sites for hydroxylation is 1. The average molecular weight is 273 g/mol. The molecule has 1 aromatic heterocycles. The van der Waals surface area contributed by atoms with Crippen LogP contribution >= 0.6 is 0 Å². The van der Waals surface area contributed by atoms with Gasteiger partial charge in [0.1, 0.15) is 5.69 Å². The zero-order chi connectivity index (χ0) is 14.7. The van der Waals surface area contributed by atoms with E-state index in [0.717, 1.165) is 12.7 Å². The Hall–Kier alpha value is -2.50. The highest BCUT2D eigenvalue weighted by Crippen LogP contribution is 2.30. The molecule has 0 fully saturated rings. The molecule has 0 amide bonds. The summed E-state index contributed by atoms with van der Waals surface area (Å²) in [5.74, 6) is 0. The van der Waals surface area contributed by atoms with E-state index in [4.69, 9.17) is 0 Å². The van der Waals surface area contributed by atoms with Crippen molar-refractivity contribution in [2.45, 2.75) is 26.8 Å². The van der Waals surface area contributed by atoms with Crippen molar-refractivity contribution in [2.75, 3.05) is 0 Å². The second kappa shape index (κ2) is 5.64. The first kappa shape index (κ1) is 13.9. The van der Waals surface area contributed by atoms with Gasteiger partial charge in [-0.05, 0) is 13.3 Å². The number of hydrogen-bond donors (Lipinski definition) is 0. The van der Waals surface area contributed by atoms with Crippen LogP contribution in [0.3, 0.4) is 0 Å². The molecule has 0 aliphatic carbocycles. The lowest BCUT2D eigenvalue weighted by molar-refractivity contribution is -0.385. The van der Waals surface area contributed by atoms with Gasteiger partial charge in [-0.1, -0.05) is 19.1 Å². The van der Waals surface area contributed by atoms with Crippen LogP contribution < -0.4 is 0 Å². The maximum Gasteiger partial charge on any atom is 0.272 e. The number of nitro groups is 1. The molecule has 2 aromatic rings. The van der Waals surface area contributed by atoms with Crippen LogP contribution in [0, 0.1) is 17.0 Å². The van der Waals surface area contributed by atoms with Crippen molar-refractivity contribution in [2.24, 2.45) is 0 Å². The van der Waals surface area contributed by atoms with Gasteiger partial charge < -0.3 is 0 Å². The van der Waals surface area contributed by atoms with Gasteiger partial charge in [0.15, 0.2) is 6.29 Å². The highest BCUT2D eigenvalue weighted by molar-refractivity contribution is 5.87. The van der Waals surface area contributed by atoms with Crippen molar-refractivity contribution >= 4 is 12.0 Å². The average Bonchev–Trinajstić information content (AvgIpc) is 2.82. The maximum atomic E-state index is 11.2. The molecule has 0 saturated heterocycles. The molecule has 0 aliphatic rings. The summed E-state index contributed by atoms with van der Waals surface area (Å²) in [5.41, 5.74) is 2.11. The van der Waals surface area contributed by atoms with Crippen LogP contribution in [0.4, 0.5) is 5.69 Å². The minimum atomic E-state index is -0.428. The molecule has 0 aliphatic heterocycles. The Labute approximate surface area is 116 Å². The third-order valence-corrected chi connectivity index (χ3v) is 3.13. The second-order valence-electron chi connectivity index (χ2n) is 4.52. The number of nitro benzene ring substituents is 1. The summed E-state index contributed by atoms with van der Waals surface area (Å²) in [5, 5.41) is 15.3. The number of rotatable bonds is 5. The molecular formula is C14H15N3O3. The highest BCUT2D eigenvalue weighted by atomic mass is 16.6. The number of carbonyl (C=O) groups excluding carboxylic acids is 1. The van der Waals surface area contributed by atoms with E-state index >= 15 is 0 Å². The van der Waals surface area contributed by atoms with Gasteiger partial charge in [0.2, 0.25) is 0 Å². The molecule has 6 nitrogen and oxygen atoms in total. The van der Waals surface area contributed by atoms with E-state index in [2.05, 4.69) is 5.10 Å². The second-order valence-corrected chi connectivity index (χ2v) is 4.52. The van der Waals surface area contributed by atoms with Gasteiger partial charge in [0, 0.05) is 29.9 Å². The van der Waals surface area contributed by atoms with E-state index in [0.29, 0.717) is 28.9 Å². The summed E-state index contributed by atoms with van der Waals surface area (Å²) in [6, 6.07) is 4.80. The van der Waals surface area contributed by atoms with Gasteiger partial charge in [-0.3, -0.25) is 19.6 Å². The SMILES string of the molecule is CCCn1cc(C=O)c(-c2cccc([N+](=O)[O-])c2C)n1. The first-order valence-corrected chi connectivity index (χ1v) is 6.35. The van der Waals surface area contributed by atoms with Crippen molar-refractivity contribution in [3.8, 4) is 11.3 Å². The highest BCUT2D eigenvalue weighted by Gasteiger charge is 2.18. The number of benzene rings is 1. The quantitative estimate of drug-likeness (QED) is 0.476. The third-order valence-electron chi connectivity index (χ3n) is 3.13. The van der Waals surface area contributed by atoms with E-state index < -0.39 is 4.92 Å². The molecule has 0 radical (unpaired) electrons. The number of aromatic nitrogens is 2. The van der Waals surface area contributed by atoms with E-state index in [9.17, 15) is 14.9 Å². The molecule has 0 spiro atoms. The van der Waals surface area contributed by atoms with Gasteiger partial charge >= 0.3 is 0 Å². The summed E-state index contributed by atoms with van der Waals surface area (Å²) in [6.45, 7) is 4.39. The van der Waals surface area contributed by atoms with Gasteiger partial charge in [0.25, 0.3) is 5.69 Å². The Balaban J connectivity index is 2.59. The van der Waals surface area contributed by atoms with Gasteiger partial charge in [-0.25, -0.2) is 0 Å². The number of hydrogen-bond acceptors (Lipinski definition) is 4. The lowest BCUT2D eigenvalue weighted by Gasteiger charge is -2.04. The Morgan fingerprint density at radius 2 is 2.20 bits per heavy atom. The zero-order valence-corrected chi connectivity index (χ0v) is 11.4. The minimum absolute atomic E-state index is 0.0318. The van der Waals surface area contributed by atoms with Gasteiger partial charge in [0.05, 0.1) is 10.5 Å². The van der Waals surface area contributed by atoms with E-state index in [1.165, 1.54) is 6.07 Å². The Kier molecular flexibility index (Phi) is 3.93. The molecule has 0 saturated carbocycles. The number of aldehydes is 1. The molecule has 0 bridgehead atoms. The summed E-state index contributed by atoms with van der Waals surface area (Å²) in [6.07, 6.45) is 3.30. The molecule has 6 heteroatoms. The first-order chi connectivity index (χ1) is 9.58. The standard InChI is InChI=1S/C14H15N3O3/c1-3-7-16-8-11(9-18)14(15-16)12-5-4-6-13(10(12)2)17(19)20/h4-6,8-9H,3,7H2,1-2H3. The van der Waals surface area contributed by atoms with Gasteiger partial charge in [-0.2, -0.15) is 5.10 Å². The number of carbonyl (C=O) groups is 1. The van der Waals surface area contributed by atoms with Crippen LogP contribution in [0.2, 0.25) is 0 Å². The van der Waals surface area contributed by atoms with Crippen LogP contribution in [0.25, 0.3) is 11.3 Å². The normalized spacial score (nSPS) is 10.5. The van der Waals surface area contributed by atoms with Gasteiger partial charge in [-0.15, -0.1) is 0 Å². The molecule has 0 atom stereocenters. The fourth-order valence-electron chi connectivity index (χ4n) is 2.15. The fourth-order valence-corrected chi connectivity index (χ4v) is 2.15. The predicted molar refractivity (Wildman–Crippen MR) is 74.7 cm³/mol. The lowest BCUT2D eigenvalue weighted by Crippen LogP contribution is -1.98. The lowest BCUT2D eigenvalue weighted by atomic mass is 10.0. The third kappa shape index (κ3) is 2.45. The van der Waals surface area contributed by atoms with Crippen molar-refractivity contribution in [3.63, 3.8) is 0 Å². The smallest absolute Gasteiger partial charge is 0.272 e. The monoisotopic (exact) mass is 273 g/mol. The van der Waals surface area contributed by atoms with Crippen LogP contribution in [-0.2, 0) is 6.54 Å².